The predicted octanol–water partition coefficient (Wildman–Crippen LogP) is 2.25. The summed E-state index contributed by atoms with van der Waals surface area (Å²) < 4.78 is 25.4. The van der Waals surface area contributed by atoms with Gasteiger partial charge < -0.3 is 5.73 Å². The Kier molecular flexibility index (Phi) is 4.26. The summed E-state index contributed by atoms with van der Waals surface area (Å²) in [6, 6.07) is 3.71. The van der Waals surface area contributed by atoms with Gasteiger partial charge in [-0.3, -0.25) is 0 Å². The van der Waals surface area contributed by atoms with Crippen LogP contribution in [0.25, 0.3) is 0 Å². The van der Waals surface area contributed by atoms with Crippen molar-refractivity contribution in [1.82, 2.24) is 0 Å². The van der Waals surface area contributed by atoms with Crippen molar-refractivity contribution in [2.24, 2.45) is 5.73 Å². The minimum absolute atomic E-state index is 0.106. The number of terminal acetylenes is 1. The molecule has 0 heterocycles. The second kappa shape index (κ2) is 5.47. The number of hydrogen-bond acceptors (Lipinski definition) is 1. The van der Waals surface area contributed by atoms with Gasteiger partial charge in [0.05, 0.1) is 0 Å². The van der Waals surface area contributed by atoms with Gasteiger partial charge >= 0.3 is 0 Å². The van der Waals surface area contributed by atoms with Crippen LogP contribution in [0.5, 0.6) is 0 Å². The van der Waals surface area contributed by atoms with Crippen molar-refractivity contribution in [3.8, 4) is 12.3 Å². The third-order valence-corrected chi connectivity index (χ3v) is 2.14. The molecule has 1 nitrogen and oxygen atoms in total. The van der Waals surface area contributed by atoms with Crippen molar-refractivity contribution in [2.45, 2.75) is 25.3 Å². The van der Waals surface area contributed by atoms with Gasteiger partial charge in [0.1, 0.15) is 0 Å². The molecule has 15 heavy (non-hydrogen) atoms. The first-order valence-corrected chi connectivity index (χ1v) is 4.76. The molecule has 0 fully saturated rings. The first-order chi connectivity index (χ1) is 7.13. The molecule has 3 heteroatoms. The number of rotatable bonds is 4. The van der Waals surface area contributed by atoms with Gasteiger partial charge in [-0.25, -0.2) is 8.78 Å². The van der Waals surface area contributed by atoms with Crippen LogP contribution < -0.4 is 5.73 Å². The minimum atomic E-state index is -0.837. The molecule has 1 rings (SSSR count). The summed E-state index contributed by atoms with van der Waals surface area (Å²) in [7, 11) is 0. The van der Waals surface area contributed by atoms with E-state index in [0.717, 1.165) is 6.07 Å². The van der Waals surface area contributed by atoms with E-state index in [1.807, 2.05) is 0 Å². The molecule has 0 aromatic heterocycles. The summed E-state index contributed by atoms with van der Waals surface area (Å²) >= 11 is 0. The molecule has 0 bridgehead atoms. The lowest BCUT2D eigenvalue weighted by molar-refractivity contribution is 0.505. The fraction of sp³-hybridized carbons (Fsp3) is 0.333. The van der Waals surface area contributed by atoms with Crippen LogP contribution in [-0.4, -0.2) is 6.04 Å². The number of hydrogen-bond donors (Lipinski definition) is 1. The largest absolute Gasteiger partial charge is 0.327 e. The Hall–Kier alpha value is -1.40. The van der Waals surface area contributed by atoms with E-state index in [4.69, 9.17) is 12.2 Å². The molecule has 0 aliphatic rings. The van der Waals surface area contributed by atoms with E-state index in [1.54, 1.807) is 0 Å². The number of benzene rings is 1. The Labute approximate surface area is 88.3 Å². The Morgan fingerprint density at radius 1 is 1.33 bits per heavy atom. The normalized spacial score (nSPS) is 12.1. The molecule has 0 saturated heterocycles. The van der Waals surface area contributed by atoms with E-state index in [0.29, 0.717) is 24.8 Å². The van der Waals surface area contributed by atoms with Crippen LogP contribution in [0.1, 0.15) is 18.4 Å². The standard InChI is InChI=1S/C12H13F2N/c1-2-3-4-10(15)7-9-5-6-11(13)12(14)8-9/h1,5-6,8,10H,3-4,7,15H2. The van der Waals surface area contributed by atoms with Gasteiger partial charge in [-0.2, -0.15) is 0 Å². The highest BCUT2D eigenvalue weighted by atomic mass is 19.2. The maximum absolute atomic E-state index is 12.8. The Bertz CT molecular complexity index is 368. The molecular formula is C12H13F2N. The summed E-state index contributed by atoms with van der Waals surface area (Å²) in [5.41, 5.74) is 6.46. The van der Waals surface area contributed by atoms with E-state index >= 15 is 0 Å². The molecule has 1 unspecified atom stereocenters. The molecule has 0 aliphatic carbocycles. The van der Waals surface area contributed by atoms with E-state index in [1.165, 1.54) is 12.1 Å². The van der Waals surface area contributed by atoms with Crippen molar-refractivity contribution in [1.29, 1.82) is 0 Å². The van der Waals surface area contributed by atoms with E-state index in [-0.39, 0.29) is 6.04 Å². The highest BCUT2D eigenvalue weighted by Gasteiger charge is 2.06. The van der Waals surface area contributed by atoms with Gasteiger partial charge in [0.25, 0.3) is 0 Å². The van der Waals surface area contributed by atoms with Gasteiger partial charge in [0.2, 0.25) is 0 Å². The highest BCUT2D eigenvalue weighted by molar-refractivity contribution is 5.18. The third kappa shape index (κ3) is 3.69. The molecule has 1 aromatic carbocycles. The van der Waals surface area contributed by atoms with Crippen LogP contribution in [0, 0.1) is 24.0 Å². The van der Waals surface area contributed by atoms with Crippen molar-refractivity contribution in [3.63, 3.8) is 0 Å². The van der Waals surface area contributed by atoms with E-state index < -0.39 is 11.6 Å². The fourth-order valence-corrected chi connectivity index (χ4v) is 1.34. The summed E-state index contributed by atoms with van der Waals surface area (Å²) in [5.74, 6) is 0.817. The molecular weight excluding hydrogens is 196 g/mol. The third-order valence-electron chi connectivity index (χ3n) is 2.14. The lowest BCUT2D eigenvalue weighted by atomic mass is 10.0. The van der Waals surface area contributed by atoms with Crippen molar-refractivity contribution >= 4 is 0 Å². The van der Waals surface area contributed by atoms with Crippen molar-refractivity contribution < 1.29 is 8.78 Å². The molecule has 0 aliphatic heterocycles. The summed E-state index contributed by atoms with van der Waals surface area (Å²) in [5, 5.41) is 0. The molecule has 1 aromatic rings. The van der Waals surface area contributed by atoms with Gasteiger partial charge in [-0.05, 0) is 30.5 Å². The fourth-order valence-electron chi connectivity index (χ4n) is 1.34. The second-order valence-electron chi connectivity index (χ2n) is 3.46. The maximum atomic E-state index is 12.8. The zero-order valence-corrected chi connectivity index (χ0v) is 8.34. The van der Waals surface area contributed by atoms with Gasteiger partial charge in [-0.15, -0.1) is 12.3 Å². The van der Waals surface area contributed by atoms with Crippen LogP contribution in [0.3, 0.4) is 0 Å². The SMILES string of the molecule is C#CCCC(N)Cc1ccc(F)c(F)c1. The number of nitrogens with two attached hydrogens (primary N) is 1. The average molecular weight is 209 g/mol. The van der Waals surface area contributed by atoms with Crippen LogP contribution in [0.4, 0.5) is 8.78 Å². The molecule has 0 spiro atoms. The van der Waals surface area contributed by atoms with Gasteiger partial charge in [0, 0.05) is 12.5 Å². The smallest absolute Gasteiger partial charge is 0.159 e. The Morgan fingerprint density at radius 3 is 2.67 bits per heavy atom. The second-order valence-corrected chi connectivity index (χ2v) is 3.46. The monoisotopic (exact) mass is 209 g/mol. The van der Waals surface area contributed by atoms with E-state index in [2.05, 4.69) is 5.92 Å². The van der Waals surface area contributed by atoms with Crippen LogP contribution in [0.15, 0.2) is 18.2 Å². The average Bonchev–Trinajstić information content (AvgIpc) is 2.20. The topological polar surface area (TPSA) is 26.0 Å². The zero-order valence-electron chi connectivity index (χ0n) is 8.34. The summed E-state index contributed by atoms with van der Waals surface area (Å²) in [6.45, 7) is 0. The van der Waals surface area contributed by atoms with Crippen LogP contribution >= 0.6 is 0 Å². The van der Waals surface area contributed by atoms with E-state index in [9.17, 15) is 8.78 Å². The van der Waals surface area contributed by atoms with Crippen LogP contribution in [0.2, 0.25) is 0 Å². The lowest BCUT2D eigenvalue weighted by Gasteiger charge is -2.09. The number of halogens is 2. The van der Waals surface area contributed by atoms with Gasteiger partial charge in [-0.1, -0.05) is 6.07 Å². The molecule has 1 atom stereocenters. The van der Waals surface area contributed by atoms with Gasteiger partial charge in [0.15, 0.2) is 11.6 Å². The van der Waals surface area contributed by atoms with Crippen molar-refractivity contribution in [3.05, 3.63) is 35.4 Å². The van der Waals surface area contributed by atoms with Crippen LogP contribution in [-0.2, 0) is 6.42 Å². The minimum Gasteiger partial charge on any atom is -0.327 e. The summed E-state index contributed by atoms with van der Waals surface area (Å²) in [4.78, 5) is 0. The zero-order chi connectivity index (χ0) is 11.3. The Morgan fingerprint density at radius 2 is 2.07 bits per heavy atom. The first-order valence-electron chi connectivity index (χ1n) is 4.76. The maximum Gasteiger partial charge on any atom is 0.159 e. The predicted molar refractivity (Wildman–Crippen MR) is 56.1 cm³/mol. The molecule has 80 valence electrons. The lowest BCUT2D eigenvalue weighted by Crippen LogP contribution is -2.22. The highest BCUT2D eigenvalue weighted by Crippen LogP contribution is 2.11. The van der Waals surface area contributed by atoms with Crippen molar-refractivity contribution in [2.75, 3.05) is 0 Å². The summed E-state index contributed by atoms with van der Waals surface area (Å²) in [6.07, 6.45) is 6.90. The molecule has 0 saturated carbocycles. The molecule has 0 amide bonds. The molecule has 0 radical (unpaired) electrons. The Balaban J connectivity index is 2.57. The molecule has 2 N–H and O–H groups in total. The quantitative estimate of drug-likeness (QED) is 0.756. The first kappa shape index (κ1) is 11.7.